The van der Waals surface area contributed by atoms with Gasteiger partial charge >= 0.3 is 0 Å². The SMILES string of the molecule is CCc1ccc(Nc2cccc(CC)c2)cc1. The fraction of sp³-hybridized carbons (Fsp3) is 0.250. The second-order valence-corrected chi connectivity index (χ2v) is 4.23. The summed E-state index contributed by atoms with van der Waals surface area (Å²) in [5.41, 5.74) is 5.04. The van der Waals surface area contributed by atoms with Crippen LogP contribution in [0.4, 0.5) is 11.4 Å². The summed E-state index contributed by atoms with van der Waals surface area (Å²) in [7, 11) is 0. The third kappa shape index (κ3) is 3.10. The summed E-state index contributed by atoms with van der Waals surface area (Å²) in [5, 5.41) is 3.43. The van der Waals surface area contributed by atoms with Crippen LogP contribution in [0, 0.1) is 0 Å². The highest BCUT2D eigenvalue weighted by Crippen LogP contribution is 2.18. The largest absolute Gasteiger partial charge is 0.356 e. The first kappa shape index (κ1) is 11.7. The molecule has 0 aliphatic carbocycles. The molecule has 1 nitrogen and oxygen atoms in total. The number of rotatable bonds is 4. The zero-order valence-corrected chi connectivity index (χ0v) is 10.5. The molecule has 0 radical (unpaired) electrons. The topological polar surface area (TPSA) is 12.0 Å². The van der Waals surface area contributed by atoms with E-state index >= 15 is 0 Å². The van der Waals surface area contributed by atoms with Crippen LogP contribution in [0.5, 0.6) is 0 Å². The van der Waals surface area contributed by atoms with E-state index in [9.17, 15) is 0 Å². The quantitative estimate of drug-likeness (QED) is 0.804. The second-order valence-electron chi connectivity index (χ2n) is 4.23. The molecule has 2 aromatic rings. The third-order valence-corrected chi connectivity index (χ3v) is 2.99. The molecule has 2 aromatic carbocycles. The van der Waals surface area contributed by atoms with Crippen molar-refractivity contribution < 1.29 is 0 Å². The van der Waals surface area contributed by atoms with Gasteiger partial charge in [0.15, 0.2) is 0 Å². The maximum absolute atomic E-state index is 3.43. The molecule has 0 saturated carbocycles. The molecule has 0 aromatic heterocycles. The number of benzene rings is 2. The van der Waals surface area contributed by atoms with Crippen LogP contribution >= 0.6 is 0 Å². The van der Waals surface area contributed by atoms with Crippen LogP contribution in [0.15, 0.2) is 48.5 Å². The molecule has 17 heavy (non-hydrogen) atoms. The molecule has 0 unspecified atom stereocenters. The molecule has 0 aliphatic heterocycles. The zero-order chi connectivity index (χ0) is 12.1. The monoisotopic (exact) mass is 225 g/mol. The minimum atomic E-state index is 1.07. The molecule has 0 fully saturated rings. The van der Waals surface area contributed by atoms with Crippen LogP contribution in [0.25, 0.3) is 0 Å². The van der Waals surface area contributed by atoms with Crippen molar-refractivity contribution in [1.29, 1.82) is 0 Å². The van der Waals surface area contributed by atoms with Crippen molar-refractivity contribution in [3.63, 3.8) is 0 Å². The van der Waals surface area contributed by atoms with Gasteiger partial charge in [-0.05, 0) is 48.2 Å². The van der Waals surface area contributed by atoms with Gasteiger partial charge in [-0.2, -0.15) is 0 Å². The minimum absolute atomic E-state index is 1.07. The Morgan fingerprint density at radius 1 is 0.765 bits per heavy atom. The maximum Gasteiger partial charge on any atom is 0.0386 e. The van der Waals surface area contributed by atoms with Crippen molar-refractivity contribution in [2.24, 2.45) is 0 Å². The van der Waals surface area contributed by atoms with E-state index in [1.807, 2.05) is 0 Å². The van der Waals surface area contributed by atoms with Gasteiger partial charge in [0.1, 0.15) is 0 Å². The van der Waals surface area contributed by atoms with E-state index in [-0.39, 0.29) is 0 Å². The van der Waals surface area contributed by atoms with E-state index in [0.717, 1.165) is 24.2 Å². The summed E-state index contributed by atoms with van der Waals surface area (Å²) in [6.07, 6.45) is 2.16. The lowest BCUT2D eigenvalue weighted by atomic mass is 10.1. The number of hydrogen-bond donors (Lipinski definition) is 1. The highest BCUT2D eigenvalue weighted by molar-refractivity contribution is 5.60. The second kappa shape index (κ2) is 5.53. The lowest BCUT2D eigenvalue weighted by molar-refractivity contribution is 1.14. The van der Waals surface area contributed by atoms with Crippen LogP contribution in [0.2, 0.25) is 0 Å². The van der Waals surface area contributed by atoms with Gasteiger partial charge in [-0.25, -0.2) is 0 Å². The molecule has 0 atom stereocenters. The van der Waals surface area contributed by atoms with Crippen molar-refractivity contribution in [3.8, 4) is 0 Å². The molecule has 1 N–H and O–H groups in total. The summed E-state index contributed by atoms with van der Waals surface area (Å²) in [6.45, 7) is 4.35. The Kier molecular flexibility index (Phi) is 3.81. The fourth-order valence-corrected chi connectivity index (χ4v) is 1.86. The van der Waals surface area contributed by atoms with Gasteiger partial charge in [0, 0.05) is 11.4 Å². The van der Waals surface area contributed by atoms with E-state index in [2.05, 4.69) is 67.7 Å². The lowest BCUT2D eigenvalue weighted by Crippen LogP contribution is -1.91. The Bertz CT molecular complexity index is 471. The summed E-state index contributed by atoms with van der Waals surface area (Å²) >= 11 is 0. The smallest absolute Gasteiger partial charge is 0.0386 e. The van der Waals surface area contributed by atoms with Crippen molar-refractivity contribution in [1.82, 2.24) is 0 Å². The van der Waals surface area contributed by atoms with Gasteiger partial charge in [-0.3, -0.25) is 0 Å². The predicted molar refractivity (Wildman–Crippen MR) is 74.9 cm³/mol. The highest BCUT2D eigenvalue weighted by Gasteiger charge is 1.96. The van der Waals surface area contributed by atoms with Gasteiger partial charge in [0.25, 0.3) is 0 Å². The average molecular weight is 225 g/mol. The van der Waals surface area contributed by atoms with Gasteiger partial charge < -0.3 is 5.32 Å². The van der Waals surface area contributed by atoms with E-state index in [0.29, 0.717) is 0 Å². The molecule has 0 saturated heterocycles. The van der Waals surface area contributed by atoms with Gasteiger partial charge in [0.2, 0.25) is 0 Å². The number of hydrogen-bond acceptors (Lipinski definition) is 1. The van der Waals surface area contributed by atoms with E-state index in [1.165, 1.54) is 11.1 Å². The van der Waals surface area contributed by atoms with Gasteiger partial charge in [-0.15, -0.1) is 0 Å². The summed E-state index contributed by atoms with van der Waals surface area (Å²) in [6, 6.07) is 17.2. The van der Waals surface area contributed by atoms with Crippen LogP contribution in [0.1, 0.15) is 25.0 Å². The Balaban J connectivity index is 2.13. The first-order valence-corrected chi connectivity index (χ1v) is 6.26. The zero-order valence-electron chi connectivity index (χ0n) is 10.5. The highest BCUT2D eigenvalue weighted by atomic mass is 14.9. The first-order chi connectivity index (χ1) is 8.31. The normalized spacial score (nSPS) is 10.2. The third-order valence-electron chi connectivity index (χ3n) is 2.99. The van der Waals surface area contributed by atoms with Crippen LogP contribution in [-0.2, 0) is 12.8 Å². The van der Waals surface area contributed by atoms with E-state index < -0.39 is 0 Å². The molecule has 0 heterocycles. The Morgan fingerprint density at radius 2 is 1.47 bits per heavy atom. The molecule has 1 heteroatoms. The minimum Gasteiger partial charge on any atom is -0.356 e. The first-order valence-electron chi connectivity index (χ1n) is 6.26. The van der Waals surface area contributed by atoms with Crippen LogP contribution < -0.4 is 5.32 Å². The standard InChI is InChI=1S/C16H19N/c1-3-13-8-10-15(11-9-13)17-16-7-5-6-14(4-2)12-16/h5-12,17H,3-4H2,1-2H3. The van der Waals surface area contributed by atoms with Crippen molar-refractivity contribution >= 4 is 11.4 Å². The summed E-state index contributed by atoms with van der Waals surface area (Å²) in [5.74, 6) is 0. The summed E-state index contributed by atoms with van der Waals surface area (Å²) in [4.78, 5) is 0. The Hall–Kier alpha value is -1.76. The number of anilines is 2. The van der Waals surface area contributed by atoms with Crippen LogP contribution in [-0.4, -0.2) is 0 Å². The molecular weight excluding hydrogens is 206 g/mol. The molecule has 0 aliphatic rings. The van der Waals surface area contributed by atoms with Gasteiger partial charge in [0.05, 0.1) is 0 Å². The van der Waals surface area contributed by atoms with Gasteiger partial charge in [-0.1, -0.05) is 38.1 Å². The van der Waals surface area contributed by atoms with Crippen molar-refractivity contribution in [3.05, 3.63) is 59.7 Å². The van der Waals surface area contributed by atoms with Crippen molar-refractivity contribution in [2.75, 3.05) is 5.32 Å². The molecule has 2 rings (SSSR count). The summed E-state index contributed by atoms with van der Waals surface area (Å²) < 4.78 is 0. The average Bonchev–Trinajstić information content (AvgIpc) is 2.40. The van der Waals surface area contributed by atoms with E-state index in [4.69, 9.17) is 0 Å². The lowest BCUT2D eigenvalue weighted by Gasteiger charge is -2.08. The Labute approximate surface area is 103 Å². The molecule has 0 bridgehead atoms. The Morgan fingerprint density at radius 3 is 2.12 bits per heavy atom. The number of aryl methyl sites for hydroxylation is 2. The molecule has 0 spiro atoms. The molecular formula is C16H19N. The van der Waals surface area contributed by atoms with Crippen LogP contribution in [0.3, 0.4) is 0 Å². The molecule has 88 valence electrons. The fourth-order valence-electron chi connectivity index (χ4n) is 1.86. The maximum atomic E-state index is 3.43. The predicted octanol–water partition coefficient (Wildman–Crippen LogP) is 4.56. The molecule has 0 amide bonds. The van der Waals surface area contributed by atoms with E-state index in [1.54, 1.807) is 0 Å². The van der Waals surface area contributed by atoms with Crippen molar-refractivity contribution in [2.45, 2.75) is 26.7 Å². The number of nitrogens with one attached hydrogen (secondary N) is 1.